The number of rotatable bonds is 6. The van der Waals surface area contributed by atoms with Crippen LogP contribution in [0.25, 0.3) is 0 Å². The summed E-state index contributed by atoms with van der Waals surface area (Å²) in [6, 6.07) is 12.2. The number of ether oxygens (including phenoxy) is 1. The second-order valence-corrected chi connectivity index (χ2v) is 4.36. The molecular formula is C15H17N3O3. The lowest BCUT2D eigenvalue weighted by molar-refractivity contribution is -0.384. The predicted octanol–water partition coefficient (Wildman–Crippen LogP) is 3.78. The molecule has 0 saturated carbocycles. The van der Waals surface area contributed by atoms with Crippen LogP contribution >= 0.6 is 0 Å². The number of nitro groups is 1. The number of nitrogens with one attached hydrogen (secondary N) is 2. The first-order valence-electron chi connectivity index (χ1n) is 6.59. The lowest BCUT2D eigenvalue weighted by Gasteiger charge is -2.10. The lowest BCUT2D eigenvalue weighted by atomic mass is 10.2. The Morgan fingerprint density at radius 3 is 2.33 bits per heavy atom. The minimum absolute atomic E-state index is 0.0373. The maximum atomic E-state index is 10.9. The standard InChI is InChI=1S/C15H17N3O3/c1-3-21-15-6-4-11(5-7-15)17-13-8-12(16-2)9-14(10-13)18(19)20/h4-10,16-17H,3H2,1-2H3. The van der Waals surface area contributed by atoms with Gasteiger partial charge >= 0.3 is 0 Å². The summed E-state index contributed by atoms with van der Waals surface area (Å²) in [6.45, 7) is 2.54. The molecule has 0 atom stereocenters. The van der Waals surface area contributed by atoms with Gasteiger partial charge in [-0.05, 0) is 37.3 Å². The number of anilines is 3. The Bertz CT molecular complexity index is 627. The monoisotopic (exact) mass is 287 g/mol. The average molecular weight is 287 g/mol. The van der Waals surface area contributed by atoms with E-state index in [-0.39, 0.29) is 5.69 Å². The van der Waals surface area contributed by atoms with Crippen molar-refractivity contribution < 1.29 is 9.66 Å². The fourth-order valence-electron chi connectivity index (χ4n) is 1.90. The van der Waals surface area contributed by atoms with Gasteiger partial charge in [-0.2, -0.15) is 0 Å². The zero-order valence-electron chi connectivity index (χ0n) is 11.9. The van der Waals surface area contributed by atoms with Gasteiger partial charge in [0.1, 0.15) is 5.75 Å². The summed E-state index contributed by atoms with van der Waals surface area (Å²) < 4.78 is 5.37. The van der Waals surface area contributed by atoms with Gasteiger partial charge in [-0.1, -0.05) is 0 Å². The summed E-state index contributed by atoms with van der Waals surface area (Å²) in [6.07, 6.45) is 0. The molecule has 0 aliphatic heterocycles. The van der Waals surface area contributed by atoms with Gasteiger partial charge in [-0.25, -0.2) is 0 Å². The summed E-state index contributed by atoms with van der Waals surface area (Å²) in [7, 11) is 1.72. The molecule has 6 heteroatoms. The third-order valence-corrected chi connectivity index (χ3v) is 2.87. The van der Waals surface area contributed by atoms with E-state index in [9.17, 15) is 10.1 Å². The molecule has 0 saturated heterocycles. The molecule has 110 valence electrons. The van der Waals surface area contributed by atoms with Crippen LogP contribution in [-0.2, 0) is 0 Å². The Morgan fingerprint density at radius 1 is 1.10 bits per heavy atom. The Balaban J connectivity index is 2.21. The summed E-state index contributed by atoms with van der Waals surface area (Å²) in [5, 5.41) is 17.0. The molecule has 6 nitrogen and oxygen atoms in total. The van der Waals surface area contributed by atoms with Gasteiger partial charge in [0, 0.05) is 36.2 Å². The third-order valence-electron chi connectivity index (χ3n) is 2.87. The van der Waals surface area contributed by atoms with Gasteiger partial charge in [0.25, 0.3) is 5.69 Å². The number of nitrogens with zero attached hydrogens (tertiary/aromatic N) is 1. The summed E-state index contributed by atoms with van der Waals surface area (Å²) in [4.78, 5) is 10.5. The quantitative estimate of drug-likeness (QED) is 0.624. The van der Waals surface area contributed by atoms with E-state index in [0.717, 1.165) is 11.4 Å². The highest BCUT2D eigenvalue weighted by Gasteiger charge is 2.09. The van der Waals surface area contributed by atoms with Crippen LogP contribution < -0.4 is 15.4 Å². The molecule has 0 unspecified atom stereocenters. The molecule has 0 amide bonds. The molecule has 0 aromatic heterocycles. The molecule has 2 aromatic rings. The van der Waals surface area contributed by atoms with E-state index < -0.39 is 4.92 Å². The highest BCUT2D eigenvalue weighted by atomic mass is 16.6. The normalized spacial score (nSPS) is 10.0. The van der Waals surface area contributed by atoms with Crippen molar-refractivity contribution in [3.63, 3.8) is 0 Å². The second-order valence-electron chi connectivity index (χ2n) is 4.36. The van der Waals surface area contributed by atoms with Crippen LogP contribution in [-0.4, -0.2) is 18.6 Å². The van der Waals surface area contributed by atoms with Crippen molar-refractivity contribution in [1.82, 2.24) is 0 Å². The maximum absolute atomic E-state index is 10.9. The predicted molar refractivity (Wildman–Crippen MR) is 83.5 cm³/mol. The average Bonchev–Trinajstić information content (AvgIpc) is 2.49. The zero-order chi connectivity index (χ0) is 15.2. The van der Waals surface area contributed by atoms with Crippen molar-refractivity contribution in [2.45, 2.75) is 6.92 Å². The Morgan fingerprint density at radius 2 is 1.76 bits per heavy atom. The van der Waals surface area contributed by atoms with E-state index in [1.807, 2.05) is 37.3 Å². The van der Waals surface area contributed by atoms with E-state index in [0.29, 0.717) is 18.0 Å². The largest absolute Gasteiger partial charge is 0.494 e. The molecule has 2 aromatic carbocycles. The highest BCUT2D eigenvalue weighted by Crippen LogP contribution is 2.27. The fourth-order valence-corrected chi connectivity index (χ4v) is 1.90. The molecule has 0 heterocycles. The van der Waals surface area contributed by atoms with E-state index in [1.54, 1.807) is 7.05 Å². The van der Waals surface area contributed by atoms with Gasteiger partial charge in [0.15, 0.2) is 0 Å². The third kappa shape index (κ3) is 3.85. The maximum Gasteiger partial charge on any atom is 0.273 e. The number of non-ortho nitro benzene ring substituents is 1. The van der Waals surface area contributed by atoms with Crippen LogP contribution in [0.2, 0.25) is 0 Å². The van der Waals surface area contributed by atoms with Crippen molar-refractivity contribution in [2.75, 3.05) is 24.3 Å². The van der Waals surface area contributed by atoms with Crippen LogP contribution in [0.5, 0.6) is 5.75 Å². The SMILES string of the molecule is CCOc1ccc(Nc2cc(NC)cc([N+](=O)[O-])c2)cc1. The first kappa shape index (κ1) is 14.6. The highest BCUT2D eigenvalue weighted by molar-refractivity contribution is 5.68. The van der Waals surface area contributed by atoms with Crippen LogP contribution in [0.4, 0.5) is 22.7 Å². The van der Waals surface area contributed by atoms with Crippen molar-refractivity contribution in [3.8, 4) is 5.75 Å². The zero-order valence-corrected chi connectivity index (χ0v) is 11.9. The molecule has 0 aliphatic carbocycles. The van der Waals surface area contributed by atoms with Gasteiger partial charge in [-0.15, -0.1) is 0 Å². The Hall–Kier alpha value is -2.76. The summed E-state index contributed by atoms with van der Waals surface area (Å²) in [5.74, 6) is 0.790. The van der Waals surface area contributed by atoms with Gasteiger partial charge in [0.05, 0.1) is 11.5 Å². The minimum Gasteiger partial charge on any atom is -0.494 e. The molecular weight excluding hydrogens is 270 g/mol. The molecule has 0 aliphatic rings. The van der Waals surface area contributed by atoms with E-state index in [4.69, 9.17) is 4.74 Å². The molecule has 2 rings (SSSR count). The number of nitro benzene ring substituents is 1. The number of benzene rings is 2. The van der Waals surface area contributed by atoms with Crippen molar-refractivity contribution in [3.05, 3.63) is 52.6 Å². The summed E-state index contributed by atoms with van der Waals surface area (Å²) >= 11 is 0. The Kier molecular flexibility index (Phi) is 4.61. The molecule has 0 radical (unpaired) electrons. The smallest absolute Gasteiger partial charge is 0.273 e. The van der Waals surface area contributed by atoms with Crippen molar-refractivity contribution in [1.29, 1.82) is 0 Å². The topological polar surface area (TPSA) is 76.4 Å². The van der Waals surface area contributed by atoms with Crippen molar-refractivity contribution in [2.24, 2.45) is 0 Å². The van der Waals surface area contributed by atoms with Gasteiger partial charge < -0.3 is 15.4 Å². The van der Waals surface area contributed by atoms with Crippen molar-refractivity contribution >= 4 is 22.7 Å². The minimum atomic E-state index is -0.412. The first-order chi connectivity index (χ1) is 10.1. The number of hydrogen-bond acceptors (Lipinski definition) is 5. The van der Waals surface area contributed by atoms with E-state index >= 15 is 0 Å². The van der Waals surface area contributed by atoms with Crippen LogP contribution in [0.3, 0.4) is 0 Å². The second kappa shape index (κ2) is 6.60. The molecule has 2 N–H and O–H groups in total. The molecule has 0 spiro atoms. The molecule has 0 bridgehead atoms. The van der Waals surface area contributed by atoms with Gasteiger partial charge in [-0.3, -0.25) is 10.1 Å². The number of hydrogen-bond donors (Lipinski definition) is 2. The lowest BCUT2D eigenvalue weighted by Crippen LogP contribution is -1.97. The summed E-state index contributed by atoms with van der Waals surface area (Å²) in [5.41, 5.74) is 2.20. The first-order valence-corrected chi connectivity index (χ1v) is 6.59. The van der Waals surface area contributed by atoms with Crippen LogP contribution in [0, 0.1) is 10.1 Å². The molecule has 0 fully saturated rings. The van der Waals surface area contributed by atoms with Crippen LogP contribution in [0.1, 0.15) is 6.92 Å². The fraction of sp³-hybridized carbons (Fsp3) is 0.200. The van der Waals surface area contributed by atoms with Gasteiger partial charge in [0.2, 0.25) is 0 Å². The Labute approximate surface area is 122 Å². The van der Waals surface area contributed by atoms with Crippen LogP contribution in [0.15, 0.2) is 42.5 Å². The van der Waals surface area contributed by atoms with E-state index in [2.05, 4.69) is 10.6 Å². The molecule has 21 heavy (non-hydrogen) atoms. The van der Waals surface area contributed by atoms with E-state index in [1.165, 1.54) is 12.1 Å².